The summed E-state index contributed by atoms with van der Waals surface area (Å²) in [6.07, 6.45) is 3.88. The second-order valence-electron chi connectivity index (χ2n) is 4.66. The maximum absolute atomic E-state index is 5.78. The highest BCUT2D eigenvalue weighted by molar-refractivity contribution is 7.11. The van der Waals surface area contributed by atoms with E-state index >= 15 is 0 Å². The number of aromatic nitrogens is 1. The average Bonchev–Trinajstić information content (AvgIpc) is 2.81. The van der Waals surface area contributed by atoms with Crippen molar-refractivity contribution in [1.82, 2.24) is 10.3 Å². The number of hydrogen-bond donors (Lipinski definition) is 2. The Labute approximate surface area is 101 Å². The minimum Gasteiger partial charge on any atom is -0.330 e. The fourth-order valence-electron chi connectivity index (χ4n) is 2.55. The molecule has 2 rings (SSSR count). The fourth-order valence-corrected chi connectivity index (χ4v) is 3.44. The average molecular weight is 239 g/mol. The van der Waals surface area contributed by atoms with E-state index in [0.29, 0.717) is 12.0 Å². The zero-order valence-corrected chi connectivity index (χ0v) is 10.9. The largest absolute Gasteiger partial charge is 0.330 e. The number of thiazole rings is 1. The quantitative estimate of drug-likeness (QED) is 0.844. The van der Waals surface area contributed by atoms with Crippen LogP contribution in [0.3, 0.4) is 0 Å². The summed E-state index contributed by atoms with van der Waals surface area (Å²) in [4.78, 5) is 5.82. The first-order chi connectivity index (χ1) is 7.70. The summed E-state index contributed by atoms with van der Waals surface area (Å²) < 4.78 is 0. The zero-order chi connectivity index (χ0) is 11.5. The molecule has 0 bridgehead atoms. The zero-order valence-electron chi connectivity index (χ0n) is 10.1. The molecular formula is C12H21N3S. The number of hydrogen-bond acceptors (Lipinski definition) is 4. The van der Waals surface area contributed by atoms with Crippen LogP contribution in [-0.2, 0) is 6.54 Å². The van der Waals surface area contributed by atoms with Gasteiger partial charge in [0.15, 0.2) is 0 Å². The summed E-state index contributed by atoms with van der Waals surface area (Å²) >= 11 is 1.80. The second kappa shape index (κ2) is 5.25. The van der Waals surface area contributed by atoms with E-state index < -0.39 is 0 Å². The normalized spacial score (nSPS) is 25.2. The Bertz CT molecular complexity index is 348. The third-order valence-corrected chi connectivity index (χ3v) is 4.56. The van der Waals surface area contributed by atoms with E-state index in [4.69, 9.17) is 5.73 Å². The number of rotatable bonds is 4. The molecule has 1 aliphatic rings. The van der Waals surface area contributed by atoms with Gasteiger partial charge in [0, 0.05) is 17.5 Å². The van der Waals surface area contributed by atoms with Crippen LogP contribution < -0.4 is 11.1 Å². The molecule has 16 heavy (non-hydrogen) atoms. The lowest BCUT2D eigenvalue weighted by Crippen LogP contribution is -2.35. The highest BCUT2D eigenvalue weighted by atomic mass is 32.1. The van der Waals surface area contributed by atoms with Gasteiger partial charge in [0.2, 0.25) is 0 Å². The van der Waals surface area contributed by atoms with Crippen molar-refractivity contribution < 1.29 is 0 Å². The van der Waals surface area contributed by atoms with E-state index in [2.05, 4.69) is 24.1 Å². The van der Waals surface area contributed by atoms with Gasteiger partial charge in [-0.05, 0) is 39.2 Å². The van der Waals surface area contributed by atoms with Crippen molar-refractivity contribution >= 4 is 11.3 Å². The number of aryl methyl sites for hydroxylation is 2. The smallest absolute Gasteiger partial charge is 0.0900 e. The maximum Gasteiger partial charge on any atom is 0.0900 e. The van der Waals surface area contributed by atoms with E-state index in [1.807, 2.05) is 0 Å². The van der Waals surface area contributed by atoms with E-state index in [1.54, 1.807) is 11.3 Å². The molecule has 1 fully saturated rings. The van der Waals surface area contributed by atoms with Crippen molar-refractivity contribution in [3.05, 3.63) is 15.6 Å². The van der Waals surface area contributed by atoms with E-state index in [-0.39, 0.29) is 0 Å². The van der Waals surface area contributed by atoms with Crippen LogP contribution in [0.5, 0.6) is 0 Å². The molecular weight excluding hydrogens is 218 g/mol. The van der Waals surface area contributed by atoms with Gasteiger partial charge in [0.1, 0.15) is 0 Å². The van der Waals surface area contributed by atoms with Gasteiger partial charge in [-0.15, -0.1) is 11.3 Å². The van der Waals surface area contributed by atoms with Crippen LogP contribution in [0.1, 0.15) is 34.8 Å². The van der Waals surface area contributed by atoms with Crippen LogP contribution in [0, 0.1) is 19.8 Å². The van der Waals surface area contributed by atoms with Crippen molar-refractivity contribution in [2.75, 3.05) is 6.54 Å². The van der Waals surface area contributed by atoms with Crippen LogP contribution in [0.25, 0.3) is 0 Å². The monoisotopic (exact) mass is 239 g/mol. The Morgan fingerprint density at radius 3 is 2.88 bits per heavy atom. The summed E-state index contributed by atoms with van der Waals surface area (Å²) in [5, 5.41) is 4.81. The highest BCUT2D eigenvalue weighted by Gasteiger charge is 2.25. The first kappa shape index (κ1) is 12.0. The molecule has 1 saturated carbocycles. The Kier molecular flexibility index (Phi) is 3.95. The molecule has 0 aromatic carbocycles. The van der Waals surface area contributed by atoms with E-state index in [0.717, 1.165) is 18.1 Å². The van der Waals surface area contributed by atoms with E-state index in [9.17, 15) is 0 Å². The second-order valence-corrected chi connectivity index (χ2v) is 5.94. The van der Waals surface area contributed by atoms with Gasteiger partial charge >= 0.3 is 0 Å². The van der Waals surface area contributed by atoms with Crippen molar-refractivity contribution in [2.24, 2.45) is 11.7 Å². The van der Waals surface area contributed by atoms with Gasteiger partial charge in [0.05, 0.1) is 10.7 Å². The highest BCUT2D eigenvalue weighted by Crippen LogP contribution is 2.25. The van der Waals surface area contributed by atoms with Gasteiger partial charge in [0.25, 0.3) is 0 Å². The molecule has 0 spiro atoms. The summed E-state index contributed by atoms with van der Waals surface area (Å²) in [6.45, 7) is 5.94. The molecule has 1 aromatic rings. The van der Waals surface area contributed by atoms with Crippen molar-refractivity contribution in [3.63, 3.8) is 0 Å². The van der Waals surface area contributed by atoms with Gasteiger partial charge in [-0.1, -0.05) is 6.42 Å². The minimum absolute atomic E-state index is 0.617. The van der Waals surface area contributed by atoms with Crippen molar-refractivity contribution in [3.8, 4) is 0 Å². The van der Waals surface area contributed by atoms with Gasteiger partial charge < -0.3 is 11.1 Å². The summed E-state index contributed by atoms with van der Waals surface area (Å²) in [6, 6.07) is 0.617. The van der Waals surface area contributed by atoms with Crippen LogP contribution in [0.4, 0.5) is 0 Å². The molecule has 2 atom stereocenters. The lowest BCUT2D eigenvalue weighted by Gasteiger charge is -2.19. The minimum atomic E-state index is 0.617. The number of nitrogens with one attached hydrogen (secondary N) is 1. The molecule has 3 nitrogen and oxygen atoms in total. The number of nitrogens with two attached hydrogens (primary N) is 1. The van der Waals surface area contributed by atoms with Gasteiger partial charge in [-0.2, -0.15) is 0 Å². The van der Waals surface area contributed by atoms with Crippen molar-refractivity contribution in [2.45, 2.75) is 45.7 Å². The van der Waals surface area contributed by atoms with Crippen molar-refractivity contribution in [1.29, 1.82) is 0 Å². The standard InChI is InChI=1S/C12H21N3S/c1-8-12(16-9(2)15-8)7-14-11-5-3-4-10(11)6-13/h10-11,14H,3-7,13H2,1-2H3. The SMILES string of the molecule is Cc1nc(C)c(CNC2CCCC2CN)s1. The van der Waals surface area contributed by atoms with Crippen LogP contribution in [0.15, 0.2) is 0 Å². The van der Waals surface area contributed by atoms with Crippen LogP contribution >= 0.6 is 11.3 Å². The molecule has 0 radical (unpaired) electrons. The Morgan fingerprint density at radius 1 is 1.44 bits per heavy atom. The van der Waals surface area contributed by atoms with Crippen LogP contribution in [-0.4, -0.2) is 17.6 Å². The molecule has 0 saturated heterocycles. The molecule has 90 valence electrons. The molecule has 2 unspecified atom stereocenters. The molecule has 4 heteroatoms. The maximum atomic E-state index is 5.78. The van der Waals surface area contributed by atoms with Gasteiger partial charge in [-0.3, -0.25) is 0 Å². The van der Waals surface area contributed by atoms with E-state index in [1.165, 1.54) is 29.8 Å². The Hall–Kier alpha value is -0.450. The third kappa shape index (κ3) is 2.62. The predicted octanol–water partition coefficient (Wildman–Crippen LogP) is 1.98. The van der Waals surface area contributed by atoms with Gasteiger partial charge in [-0.25, -0.2) is 4.98 Å². The topological polar surface area (TPSA) is 50.9 Å². The Morgan fingerprint density at radius 2 is 2.25 bits per heavy atom. The summed E-state index contributed by atoms with van der Waals surface area (Å²) in [7, 11) is 0. The predicted molar refractivity (Wildman–Crippen MR) is 68.6 cm³/mol. The first-order valence-corrected chi connectivity index (χ1v) is 6.88. The summed E-state index contributed by atoms with van der Waals surface area (Å²) in [5.41, 5.74) is 6.96. The molecule has 0 amide bonds. The Balaban J connectivity index is 1.89. The molecule has 0 aliphatic heterocycles. The first-order valence-electron chi connectivity index (χ1n) is 6.07. The van der Waals surface area contributed by atoms with Crippen LogP contribution in [0.2, 0.25) is 0 Å². The molecule has 3 N–H and O–H groups in total. The third-order valence-electron chi connectivity index (χ3n) is 3.49. The number of nitrogens with zero attached hydrogens (tertiary/aromatic N) is 1. The molecule has 1 aromatic heterocycles. The lowest BCUT2D eigenvalue weighted by molar-refractivity contribution is 0.407. The molecule has 1 heterocycles. The summed E-state index contributed by atoms with van der Waals surface area (Å²) in [5.74, 6) is 0.675. The fraction of sp³-hybridized carbons (Fsp3) is 0.750. The molecule has 1 aliphatic carbocycles. The lowest BCUT2D eigenvalue weighted by atomic mass is 10.0.